The van der Waals surface area contributed by atoms with Crippen molar-refractivity contribution in [3.05, 3.63) is 35.9 Å². The lowest BCUT2D eigenvalue weighted by atomic mass is 10.1. The highest BCUT2D eigenvalue weighted by Crippen LogP contribution is 2.57. The quantitative estimate of drug-likeness (QED) is 0.573. The Hall–Kier alpha value is 1.25. The first-order valence-corrected chi connectivity index (χ1v) is 7.09. The van der Waals surface area contributed by atoms with E-state index >= 15 is 0 Å². The van der Waals surface area contributed by atoms with Gasteiger partial charge in [-0.25, -0.2) is 0 Å². The van der Waals surface area contributed by atoms with E-state index < -0.39 is 12.5 Å². The van der Waals surface area contributed by atoms with Gasteiger partial charge in [0.25, 0.3) is 0 Å². The molecule has 1 aromatic rings. The van der Waals surface area contributed by atoms with E-state index in [9.17, 15) is 0 Å². The van der Waals surface area contributed by atoms with Crippen LogP contribution in [0.2, 0.25) is 0 Å². The first-order valence-electron chi connectivity index (χ1n) is 4.44. The molecule has 0 radical (unpaired) electrons. The molecule has 0 N–H and O–H groups in total. The Kier molecular flexibility index (Phi) is 5.47. The van der Waals surface area contributed by atoms with E-state index in [2.05, 4.69) is 0 Å². The van der Waals surface area contributed by atoms with Gasteiger partial charge in [-0.2, -0.15) is 0 Å². The zero-order valence-electron chi connectivity index (χ0n) is 8.24. The summed E-state index contributed by atoms with van der Waals surface area (Å²) in [5.74, 6) is 0. The van der Waals surface area contributed by atoms with Gasteiger partial charge in [0.05, 0.1) is 0 Å². The predicted octanol–water partition coefficient (Wildman–Crippen LogP) is 5.95. The Morgan fingerprint density at radius 1 is 0.765 bits per heavy atom. The van der Waals surface area contributed by atoms with Crippen LogP contribution in [0, 0.1) is 0 Å². The van der Waals surface area contributed by atoms with Crippen LogP contribution in [-0.2, 0) is 6.42 Å². The molecule has 0 fully saturated rings. The topological polar surface area (TPSA) is 0 Å². The average molecular weight is 375 g/mol. The van der Waals surface area contributed by atoms with Crippen molar-refractivity contribution in [1.29, 1.82) is 0 Å². The maximum absolute atomic E-state index is 6.10. The molecule has 1 aromatic carbocycles. The fourth-order valence-electron chi connectivity index (χ4n) is 1.17. The molecule has 0 heterocycles. The third kappa shape index (κ3) is 3.86. The van der Waals surface area contributed by atoms with Crippen molar-refractivity contribution < 1.29 is 0 Å². The molecule has 0 amide bonds. The number of benzene rings is 1. The molecular weight excluding hydrogens is 368 g/mol. The summed E-state index contributed by atoms with van der Waals surface area (Å²) in [6.07, 6.45) is 0.151. The van der Waals surface area contributed by atoms with Crippen LogP contribution in [0.25, 0.3) is 0 Å². The third-order valence-electron chi connectivity index (χ3n) is 2.08. The van der Waals surface area contributed by atoms with E-state index in [1.807, 2.05) is 30.3 Å². The van der Waals surface area contributed by atoms with Crippen molar-refractivity contribution in [2.75, 3.05) is 0 Å². The Bertz CT molecular complexity index is 366. The molecule has 0 aromatic heterocycles. The maximum Gasteiger partial charge on any atom is 0.226 e. The number of alkyl halides is 7. The highest BCUT2D eigenvalue weighted by Gasteiger charge is 2.59. The monoisotopic (exact) mass is 372 g/mol. The molecular formula is C10H7Cl7. The second-order valence-corrected chi connectivity index (χ2v) is 8.53. The summed E-state index contributed by atoms with van der Waals surface area (Å²) in [4.78, 5) is 0. The molecule has 0 aliphatic rings. The van der Waals surface area contributed by atoms with Gasteiger partial charge in [0.1, 0.15) is 0 Å². The lowest BCUT2D eigenvalue weighted by Crippen LogP contribution is -2.48. The number of hydrogen-bond acceptors (Lipinski definition) is 0. The van der Waals surface area contributed by atoms with Gasteiger partial charge in [0, 0.05) is 6.42 Å². The highest BCUT2D eigenvalue weighted by atomic mass is 35.6. The molecule has 0 aliphatic carbocycles. The fourth-order valence-corrected chi connectivity index (χ4v) is 2.67. The lowest BCUT2D eigenvalue weighted by molar-refractivity contribution is 0.656. The van der Waals surface area contributed by atoms with Crippen LogP contribution in [0.3, 0.4) is 0 Å². The minimum Gasteiger partial charge on any atom is -0.0977 e. The maximum atomic E-state index is 6.10. The average Bonchev–Trinajstić information content (AvgIpc) is 2.16. The van der Waals surface area contributed by atoms with E-state index in [0.717, 1.165) is 5.56 Å². The van der Waals surface area contributed by atoms with Crippen molar-refractivity contribution >= 4 is 81.2 Å². The van der Waals surface area contributed by atoms with E-state index in [0.29, 0.717) is 0 Å². The van der Waals surface area contributed by atoms with Gasteiger partial charge in [-0.05, 0) is 5.56 Å². The molecule has 0 unspecified atom stereocenters. The van der Waals surface area contributed by atoms with E-state index in [4.69, 9.17) is 81.2 Å². The summed E-state index contributed by atoms with van der Waals surface area (Å²) in [7, 11) is 0. The summed E-state index contributed by atoms with van der Waals surface area (Å²) < 4.78 is -5.58. The molecule has 17 heavy (non-hydrogen) atoms. The Morgan fingerprint density at radius 2 is 1.24 bits per heavy atom. The summed E-state index contributed by atoms with van der Waals surface area (Å²) in [6, 6.07) is 9.16. The minimum absolute atomic E-state index is 0.151. The van der Waals surface area contributed by atoms with Crippen molar-refractivity contribution in [1.82, 2.24) is 0 Å². The van der Waals surface area contributed by atoms with Gasteiger partial charge in [0.2, 0.25) is 3.79 Å². The Morgan fingerprint density at radius 3 is 1.65 bits per heavy atom. The highest BCUT2D eigenvalue weighted by molar-refractivity contribution is 6.78. The van der Waals surface area contributed by atoms with E-state index in [1.54, 1.807) is 0 Å². The number of rotatable bonds is 3. The summed E-state index contributed by atoms with van der Waals surface area (Å²) >= 11 is 41.1. The van der Waals surface area contributed by atoms with Gasteiger partial charge < -0.3 is 0 Å². The van der Waals surface area contributed by atoms with Gasteiger partial charge >= 0.3 is 0 Å². The molecule has 0 saturated heterocycles. The van der Waals surface area contributed by atoms with Crippen molar-refractivity contribution in [2.24, 2.45) is 0 Å². The molecule has 1 rings (SSSR count). The Balaban J connectivity index is 2.96. The van der Waals surface area contributed by atoms with Crippen LogP contribution in [0.1, 0.15) is 5.56 Å². The SMILES string of the molecule is ClC(Cl)(Cl)C(Cl)(Cl)C(Cl)(Cl)Cc1ccccc1. The molecule has 0 bridgehead atoms. The van der Waals surface area contributed by atoms with Crippen LogP contribution in [0.5, 0.6) is 0 Å². The van der Waals surface area contributed by atoms with Crippen molar-refractivity contribution in [3.8, 4) is 0 Å². The predicted molar refractivity (Wildman–Crippen MR) is 79.3 cm³/mol. The zero-order valence-corrected chi connectivity index (χ0v) is 13.5. The van der Waals surface area contributed by atoms with Gasteiger partial charge in [-0.3, -0.25) is 0 Å². The standard InChI is InChI=1S/C10H7Cl7/c11-8(12,9(13,14)10(15,16)17)6-7-4-2-1-3-5-7/h1-5H,6H2. The minimum atomic E-state index is -2.01. The second kappa shape index (κ2) is 5.71. The molecule has 0 atom stereocenters. The van der Waals surface area contributed by atoms with Crippen LogP contribution >= 0.6 is 81.2 Å². The first kappa shape index (κ1) is 16.3. The van der Waals surface area contributed by atoms with E-state index in [-0.39, 0.29) is 6.42 Å². The molecule has 0 spiro atoms. The molecule has 7 heteroatoms. The van der Waals surface area contributed by atoms with Crippen LogP contribution in [0.15, 0.2) is 30.3 Å². The molecule has 0 aliphatic heterocycles. The second-order valence-electron chi connectivity index (χ2n) is 3.44. The van der Waals surface area contributed by atoms with E-state index in [1.165, 1.54) is 0 Å². The summed E-state index contributed by atoms with van der Waals surface area (Å²) in [5, 5.41) is 0. The smallest absolute Gasteiger partial charge is 0.0977 e. The summed E-state index contributed by atoms with van der Waals surface area (Å²) in [6.45, 7) is 0. The first-order chi connectivity index (χ1) is 7.58. The van der Waals surface area contributed by atoms with Crippen LogP contribution in [0.4, 0.5) is 0 Å². The molecule has 0 saturated carbocycles. The van der Waals surface area contributed by atoms with Crippen LogP contribution < -0.4 is 0 Å². The van der Waals surface area contributed by atoms with Crippen LogP contribution in [-0.4, -0.2) is 12.5 Å². The third-order valence-corrected chi connectivity index (χ3v) is 5.95. The number of halogens is 7. The van der Waals surface area contributed by atoms with Crippen molar-refractivity contribution in [3.63, 3.8) is 0 Å². The van der Waals surface area contributed by atoms with Gasteiger partial charge in [0.15, 0.2) is 8.67 Å². The van der Waals surface area contributed by atoms with Gasteiger partial charge in [-0.15, -0.1) is 0 Å². The van der Waals surface area contributed by atoms with Gasteiger partial charge in [-0.1, -0.05) is 112 Å². The Labute approximate surface area is 135 Å². The lowest BCUT2D eigenvalue weighted by Gasteiger charge is -2.37. The van der Waals surface area contributed by atoms with Crippen molar-refractivity contribution in [2.45, 2.75) is 18.9 Å². The largest absolute Gasteiger partial charge is 0.226 e. The normalized spacial score (nSPS) is 13.8. The number of hydrogen-bond donors (Lipinski definition) is 0. The molecule has 0 nitrogen and oxygen atoms in total. The zero-order chi connectivity index (χ0) is 13.3. The molecule has 96 valence electrons. The summed E-state index contributed by atoms with van der Waals surface area (Å²) in [5.41, 5.74) is 0.831. The fraction of sp³-hybridized carbons (Fsp3) is 0.400.